The monoisotopic (exact) mass is 439 g/mol. The first-order chi connectivity index (χ1) is 13.8. The lowest BCUT2D eigenvalue weighted by molar-refractivity contribution is -0.109. The second-order valence-corrected chi connectivity index (χ2v) is 11.7. The summed E-state index contributed by atoms with van der Waals surface area (Å²) >= 11 is 1.95. The number of aliphatic imine (C=N–C) groups is 1. The van der Waals surface area contributed by atoms with Crippen LogP contribution in [0.4, 0.5) is 0 Å². The highest BCUT2D eigenvalue weighted by molar-refractivity contribution is 7.90. The zero-order valence-electron chi connectivity index (χ0n) is 17.7. The zero-order valence-corrected chi connectivity index (χ0v) is 19.3. The van der Waals surface area contributed by atoms with E-state index in [-0.39, 0.29) is 17.9 Å². The maximum Gasteiger partial charge on any atom is 0.149 e. The van der Waals surface area contributed by atoms with Gasteiger partial charge in [0.2, 0.25) is 0 Å². The molecule has 1 aromatic rings. The van der Waals surface area contributed by atoms with Gasteiger partial charge in [-0.15, -0.1) is 11.3 Å². The van der Waals surface area contributed by atoms with E-state index in [0.29, 0.717) is 12.6 Å². The Bertz CT molecular complexity index is 876. The average Bonchev–Trinajstić information content (AvgIpc) is 3.10. The number of sulfone groups is 1. The van der Waals surface area contributed by atoms with E-state index in [4.69, 9.17) is 10.5 Å². The minimum Gasteiger partial charge on any atom is -0.404 e. The van der Waals surface area contributed by atoms with Crippen molar-refractivity contribution in [2.45, 2.75) is 51.2 Å². The molecule has 1 spiro atoms. The number of hydrogen-bond acceptors (Lipinski definition) is 7. The van der Waals surface area contributed by atoms with E-state index >= 15 is 0 Å². The molecule has 3 heterocycles. The highest BCUT2D eigenvalue weighted by Gasteiger charge is 2.44. The van der Waals surface area contributed by atoms with Gasteiger partial charge in [-0.3, -0.25) is 9.89 Å². The number of nitrogens with zero attached hydrogens (tertiary/aromatic N) is 2. The third-order valence-electron chi connectivity index (χ3n) is 5.91. The summed E-state index contributed by atoms with van der Waals surface area (Å²) in [6, 6.07) is 2.74. The Morgan fingerprint density at radius 1 is 1.52 bits per heavy atom. The predicted molar refractivity (Wildman–Crippen MR) is 121 cm³/mol. The van der Waals surface area contributed by atoms with Crippen LogP contribution >= 0.6 is 11.3 Å². The van der Waals surface area contributed by atoms with Gasteiger partial charge in [0.05, 0.1) is 24.5 Å². The van der Waals surface area contributed by atoms with Gasteiger partial charge in [-0.05, 0) is 49.6 Å². The summed E-state index contributed by atoms with van der Waals surface area (Å²) in [5, 5.41) is 0. The number of piperidine rings is 1. The van der Waals surface area contributed by atoms with E-state index in [0.717, 1.165) is 44.4 Å². The number of aryl methyl sites for hydroxylation is 1. The third kappa shape index (κ3) is 5.48. The zero-order chi connectivity index (χ0) is 21.1. The van der Waals surface area contributed by atoms with E-state index < -0.39 is 9.84 Å². The molecule has 1 aromatic heterocycles. The van der Waals surface area contributed by atoms with Crippen molar-refractivity contribution >= 4 is 27.4 Å². The van der Waals surface area contributed by atoms with Gasteiger partial charge in [-0.2, -0.15) is 0 Å². The summed E-state index contributed by atoms with van der Waals surface area (Å²) in [6.45, 7) is 7.20. The highest BCUT2D eigenvalue weighted by Crippen LogP contribution is 2.46. The highest BCUT2D eigenvalue weighted by atomic mass is 32.2. The number of ether oxygens (including phenoxy) is 1. The second-order valence-electron chi connectivity index (χ2n) is 8.18. The Morgan fingerprint density at radius 2 is 2.31 bits per heavy atom. The molecule has 2 aliphatic rings. The van der Waals surface area contributed by atoms with Crippen molar-refractivity contribution in [3.05, 3.63) is 33.2 Å². The molecular weight excluding hydrogens is 406 g/mol. The molecule has 0 radical (unpaired) electrons. The molecule has 2 aliphatic heterocycles. The lowest BCUT2D eigenvalue weighted by Crippen LogP contribution is -2.51. The topological polar surface area (TPSA) is 85.0 Å². The van der Waals surface area contributed by atoms with Gasteiger partial charge in [-0.25, -0.2) is 8.42 Å². The van der Waals surface area contributed by atoms with Crippen LogP contribution in [-0.4, -0.2) is 63.8 Å². The van der Waals surface area contributed by atoms with E-state index in [1.54, 1.807) is 12.4 Å². The quantitative estimate of drug-likeness (QED) is 0.660. The summed E-state index contributed by atoms with van der Waals surface area (Å²) < 4.78 is 28.9. The van der Waals surface area contributed by atoms with Crippen LogP contribution in [0.2, 0.25) is 0 Å². The predicted octanol–water partition coefficient (Wildman–Crippen LogP) is 2.52. The molecule has 2 N–H and O–H groups in total. The van der Waals surface area contributed by atoms with E-state index in [1.165, 1.54) is 21.6 Å². The SMILES string of the molecule is CCc1cc2c(s1)CCO[C@@]21CCN(C/C(C=NCCS(C)(=O)=O)=C/N)C(C)C1. The van der Waals surface area contributed by atoms with Crippen molar-refractivity contribution < 1.29 is 13.2 Å². The summed E-state index contributed by atoms with van der Waals surface area (Å²) in [6.07, 6.45) is 8.58. The number of fused-ring (bicyclic) bond motifs is 2. The third-order valence-corrected chi connectivity index (χ3v) is 8.17. The first-order valence-electron chi connectivity index (χ1n) is 10.3. The fourth-order valence-electron chi connectivity index (χ4n) is 4.28. The molecule has 1 saturated heterocycles. The maximum atomic E-state index is 11.2. The Morgan fingerprint density at radius 3 is 2.97 bits per heavy atom. The van der Waals surface area contributed by atoms with Gasteiger partial charge in [0, 0.05) is 47.8 Å². The van der Waals surface area contributed by atoms with Crippen LogP contribution in [0.3, 0.4) is 0 Å². The number of thiophene rings is 1. The molecule has 8 heteroatoms. The lowest BCUT2D eigenvalue weighted by atomic mass is 9.79. The standard InChI is InChI=1S/C21H33N3O3S2/c1-4-18-11-19-20(28-18)5-9-27-21(19)6-8-24(16(2)12-21)15-17(13-22)14-23-7-10-29(3,25)26/h11,13-14,16H,4-10,12,15,22H2,1-3H3/b17-13+,23-14?/t16?,21-/m1/s1. The number of rotatable bonds is 7. The molecule has 3 rings (SSSR count). The van der Waals surface area contributed by atoms with Crippen LogP contribution in [0.15, 0.2) is 22.8 Å². The van der Waals surface area contributed by atoms with Crippen molar-refractivity contribution in [2.24, 2.45) is 10.7 Å². The first kappa shape index (κ1) is 22.5. The molecule has 29 heavy (non-hydrogen) atoms. The Kier molecular flexibility index (Phi) is 7.19. The molecule has 0 amide bonds. The second kappa shape index (κ2) is 9.29. The Balaban J connectivity index is 1.63. The van der Waals surface area contributed by atoms with Crippen LogP contribution in [0.25, 0.3) is 0 Å². The van der Waals surface area contributed by atoms with Gasteiger partial charge in [0.15, 0.2) is 0 Å². The summed E-state index contributed by atoms with van der Waals surface area (Å²) in [4.78, 5) is 9.62. The van der Waals surface area contributed by atoms with Crippen LogP contribution < -0.4 is 5.73 Å². The summed E-state index contributed by atoms with van der Waals surface area (Å²) in [5.74, 6) is 0.0596. The van der Waals surface area contributed by atoms with Crippen molar-refractivity contribution in [1.29, 1.82) is 0 Å². The normalized spacial score (nSPS) is 26.3. The van der Waals surface area contributed by atoms with Crippen LogP contribution in [0.1, 0.15) is 42.0 Å². The molecule has 0 bridgehead atoms. The van der Waals surface area contributed by atoms with Gasteiger partial charge in [-0.1, -0.05) is 6.92 Å². The van der Waals surface area contributed by atoms with Crippen LogP contribution in [-0.2, 0) is 33.0 Å². The molecule has 162 valence electrons. The molecule has 2 atom stereocenters. The van der Waals surface area contributed by atoms with Crippen molar-refractivity contribution in [3.8, 4) is 0 Å². The first-order valence-corrected chi connectivity index (χ1v) is 13.2. The molecule has 1 fully saturated rings. The maximum absolute atomic E-state index is 11.2. The van der Waals surface area contributed by atoms with Crippen molar-refractivity contribution in [2.75, 3.05) is 38.2 Å². The largest absolute Gasteiger partial charge is 0.404 e. The Hall–Kier alpha value is -1.22. The molecule has 6 nitrogen and oxygen atoms in total. The molecule has 1 unspecified atom stereocenters. The molecule has 0 aliphatic carbocycles. The molecule has 0 saturated carbocycles. The Labute approximate surface area is 178 Å². The van der Waals surface area contributed by atoms with Crippen molar-refractivity contribution in [1.82, 2.24) is 4.90 Å². The van der Waals surface area contributed by atoms with Gasteiger partial charge < -0.3 is 10.5 Å². The number of likely N-dealkylation sites (tertiary alicyclic amines) is 1. The van der Waals surface area contributed by atoms with E-state index in [2.05, 4.69) is 29.8 Å². The average molecular weight is 440 g/mol. The lowest BCUT2D eigenvalue weighted by Gasteiger charge is -2.47. The van der Waals surface area contributed by atoms with Crippen molar-refractivity contribution in [3.63, 3.8) is 0 Å². The summed E-state index contributed by atoms with van der Waals surface area (Å²) in [7, 11) is -2.99. The minimum atomic E-state index is -2.99. The van der Waals surface area contributed by atoms with E-state index in [1.807, 2.05) is 11.3 Å². The minimum absolute atomic E-state index is 0.0596. The fraction of sp³-hybridized carbons (Fsp3) is 0.667. The van der Waals surface area contributed by atoms with Gasteiger partial charge in [0.1, 0.15) is 9.84 Å². The number of hydrogen-bond donors (Lipinski definition) is 1. The molecular formula is C21H33N3O3S2. The fourth-order valence-corrected chi connectivity index (χ4v) is 5.90. The van der Waals surface area contributed by atoms with Gasteiger partial charge >= 0.3 is 0 Å². The van der Waals surface area contributed by atoms with Crippen LogP contribution in [0.5, 0.6) is 0 Å². The van der Waals surface area contributed by atoms with Crippen LogP contribution in [0, 0.1) is 0 Å². The van der Waals surface area contributed by atoms with Gasteiger partial charge in [0.25, 0.3) is 0 Å². The molecule has 0 aromatic carbocycles. The number of nitrogens with two attached hydrogens (primary N) is 1. The van der Waals surface area contributed by atoms with E-state index in [9.17, 15) is 8.42 Å². The summed E-state index contributed by atoms with van der Waals surface area (Å²) in [5.41, 5.74) is 7.99. The smallest absolute Gasteiger partial charge is 0.149 e.